The van der Waals surface area contributed by atoms with Crippen molar-refractivity contribution in [2.45, 2.75) is 5.72 Å². The van der Waals surface area contributed by atoms with Gasteiger partial charge in [0.05, 0.1) is 0 Å². The second-order valence-corrected chi connectivity index (χ2v) is 3.83. The predicted octanol–water partition coefficient (Wildman–Crippen LogP) is 1.55. The summed E-state index contributed by atoms with van der Waals surface area (Å²) < 4.78 is 5.58. The average molecular weight is 231 g/mol. The van der Waals surface area contributed by atoms with Crippen LogP contribution >= 0.6 is 0 Å². The Hall–Kier alpha value is -2.07. The summed E-state index contributed by atoms with van der Waals surface area (Å²) in [7, 11) is 0. The van der Waals surface area contributed by atoms with Crippen LogP contribution in [-0.2, 0) is 4.79 Å². The van der Waals surface area contributed by atoms with Crippen molar-refractivity contribution in [1.82, 2.24) is 0 Å². The van der Waals surface area contributed by atoms with E-state index in [0.717, 1.165) is 0 Å². The van der Waals surface area contributed by atoms with Crippen LogP contribution in [-0.4, -0.2) is 16.8 Å². The Morgan fingerprint density at radius 3 is 2.65 bits per heavy atom. The van der Waals surface area contributed by atoms with Crippen LogP contribution in [0.2, 0.25) is 0 Å². The second-order valence-electron chi connectivity index (χ2n) is 3.83. The lowest BCUT2D eigenvalue weighted by atomic mass is 9.92. The lowest BCUT2D eigenvalue weighted by Crippen LogP contribution is -2.53. The highest BCUT2D eigenvalue weighted by atomic mass is 16.5. The average Bonchev–Trinajstić information content (AvgIpc) is 2.30. The number of rotatable bonds is 3. The summed E-state index contributed by atoms with van der Waals surface area (Å²) in [6.07, 6.45) is 6.41. The topological polar surface area (TPSA) is 72.5 Å². The third-order valence-electron chi connectivity index (χ3n) is 2.56. The Labute approximate surface area is 99.0 Å². The van der Waals surface area contributed by atoms with Crippen molar-refractivity contribution in [2.75, 3.05) is 0 Å². The van der Waals surface area contributed by atoms with Crippen molar-refractivity contribution in [3.05, 3.63) is 54.6 Å². The number of nitrogens with two attached hydrogens (primary N) is 1. The molecule has 4 nitrogen and oxygen atoms in total. The van der Waals surface area contributed by atoms with Crippen molar-refractivity contribution in [3.8, 4) is 5.75 Å². The van der Waals surface area contributed by atoms with E-state index in [2.05, 4.69) is 0 Å². The highest BCUT2D eigenvalue weighted by Crippen LogP contribution is 2.26. The number of carbonyl (C=O) groups is 1. The molecule has 2 atom stereocenters. The largest absolute Gasteiger partial charge is 0.481 e. The summed E-state index contributed by atoms with van der Waals surface area (Å²) in [5.74, 6) is -1.36. The van der Waals surface area contributed by atoms with E-state index in [4.69, 9.17) is 15.6 Å². The summed E-state index contributed by atoms with van der Waals surface area (Å²) >= 11 is 0. The Morgan fingerprint density at radius 2 is 2.00 bits per heavy atom. The fourth-order valence-corrected chi connectivity index (χ4v) is 1.70. The van der Waals surface area contributed by atoms with Gasteiger partial charge in [-0.3, -0.25) is 10.5 Å². The first-order valence-corrected chi connectivity index (χ1v) is 5.23. The van der Waals surface area contributed by atoms with E-state index in [1.165, 1.54) is 6.08 Å². The number of benzene rings is 1. The summed E-state index contributed by atoms with van der Waals surface area (Å²) in [6, 6.07) is 8.92. The van der Waals surface area contributed by atoms with E-state index in [9.17, 15) is 4.79 Å². The van der Waals surface area contributed by atoms with Gasteiger partial charge in [-0.25, -0.2) is 0 Å². The van der Waals surface area contributed by atoms with Gasteiger partial charge in [0.25, 0.3) is 0 Å². The zero-order valence-corrected chi connectivity index (χ0v) is 9.11. The molecule has 0 spiro atoms. The molecule has 0 radical (unpaired) electrons. The molecule has 17 heavy (non-hydrogen) atoms. The molecule has 0 heterocycles. The van der Waals surface area contributed by atoms with Gasteiger partial charge in [-0.2, -0.15) is 0 Å². The number of hydrogen-bond donors (Lipinski definition) is 2. The van der Waals surface area contributed by atoms with Crippen LogP contribution in [0.5, 0.6) is 5.75 Å². The van der Waals surface area contributed by atoms with Crippen molar-refractivity contribution >= 4 is 5.97 Å². The van der Waals surface area contributed by atoms with E-state index in [0.29, 0.717) is 5.75 Å². The molecule has 1 aliphatic rings. The molecule has 0 aromatic heterocycles. The Balaban J connectivity index is 2.25. The van der Waals surface area contributed by atoms with Gasteiger partial charge in [0.1, 0.15) is 11.7 Å². The summed E-state index contributed by atoms with van der Waals surface area (Å²) in [5, 5.41) is 9.11. The normalized spacial score (nSPS) is 26.8. The molecule has 2 unspecified atom stereocenters. The number of ether oxygens (including phenoxy) is 1. The number of hydrogen-bond acceptors (Lipinski definition) is 3. The highest BCUT2D eigenvalue weighted by molar-refractivity contribution is 5.75. The van der Waals surface area contributed by atoms with Crippen LogP contribution in [0.4, 0.5) is 0 Å². The number of carboxylic acids is 1. The van der Waals surface area contributed by atoms with Gasteiger partial charge in [-0.05, 0) is 18.2 Å². The number of para-hydroxylation sites is 1. The first kappa shape index (κ1) is 11.4. The molecule has 4 heteroatoms. The minimum absolute atomic E-state index is 0.543. The smallest absolute Gasteiger partial charge is 0.316 e. The highest BCUT2D eigenvalue weighted by Gasteiger charge is 2.39. The SMILES string of the molecule is NC1(Oc2ccccc2)C=CC=CC1C(=O)O. The Kier molecular flexibility index (Phi) is 2.97. The predicted molar refractivity (Wildman–Crippen MR) is 63.4 cm³/mol. The summed E-state index contributed by atoms with van der Waals surface area (Å²) in [5.41, 5.74) is 4.65. The Bertz CT molecular complexity index is 467. The van der Waals surface area contributed by atoms with Crippen molar-refractivity contribution < 1.29 is 14.6 Å². The number of aliphatic carboxylic acids is 1. The van der Waals surface area contributed by atoms with Gasteiger partial charge in [0.15, 0.2) is 5.72 Å². The number of carboxylic acid groups (broad SMARTS) is 1. The fraction of sp³-hybridized carbons (Fsp3) is 0.154. The summed E-state index contributed by atoms with van der Waals surface area (Å²) in [4.78, 5) is 11.1. The zero-order valence-electron chi connectivity index (χ0n) is 9.11. The van der Waals surface area contributed by atoms with Crippen molar-refractivity contribution in [2.24, 2.45) is 11.7 Å². The first-order valence-electron chi connectivity index (χ1n) is 5.23. The second kappa shape index (κ2) is 4.43. The molecule has 0 bridgehead atoms. The van der Waals surface area contributed by atoms with E-state index < -0.39 is 17.6 Å². The maximum atomic E-state index is 11.1. The lowest BCUT2D eigenvalue weighted by Gasteiger charge is -2.32. The third-order valence-corrected chi connectivity index (χ3v) is 2.56. The van der Waals surface area contributed by atoms with Crippen molar-refractivity contribution in [3.63, 3.8) is 0 Å². The molecule has 0 saturated carbocycles. The summed E-state index contributed by atoms with van der Waals surface area (Å²) in [6.45, 7) is 0. The van der Waals surface area contributed by atoms with Gasteiger partial charge < -0.3 is 9.84 Å². The van der Waals surface area contributed by atoms with Crippen LogP contribution in [0, 0.1) is 5.92 Å². The maximum absolute atomic E-state index is 11.1. The molecule has 1 aliphatic carbocycles. The van der Waals surface area contributed by atoms with Gasteiger partial charge >= 0.3 is 5.97 Å². The van der Waals surface area contributed by atoms with Gasteiger partial charge in [0.2, 0.25) is 0 Å². The van der Waals surface area contributed by atoms with E-state index in [1.54, 1.807) is 42.5 Å². The van der Waals surface area contributed by atoms with Crippen LogP contribution in [0.1, 0.15) is 0 Å². The van der Waals surface area contributed by atoms with E-state index in [-0.39, 0.29) is 0 Å². The van der Waals surface area contributed by atoms with Crippen LogP contribution in [0.3, 0.4) is 0 Å². The van der Waals surface area contributed by atoms with E-state index >= 15 is 0 Å². The fourth-order valence-electron chi connectivity index (χ4n) is 1.70. The lowest BCUT2D eigenvalue weighted by molar-refractivity contribution is -0.145. The van der Waals surface area contributed by atoms with Crippen molar-refractivity contribution in [1.29, 1.82) is 0 Å². The zero-order chi connectivity index (χ0) is 12.3. The maximum Gasteiger partial charge on any atom is 0.316 e. The van der Waals surface area contributed by atoms with Crippen LogP contribution in [0.25, 0.3) is 0 Å². The number of allylic oxidation sites excluding steroid dienone is 2. The monoisotopic (exact) mass is 231 g/mol. The quantitative estimate of drug-likeness (QED) is 0.774. The molecule has 88 valence electrons. The molecular formula is C13H13NO3. The Morgan fingerprint density at radius 1 is 1.29 bits per heavy atom. The molecule has 0 saturated heterocycles. The molecule has 3 N–H and O–H groups in total. The molecule has 0 fully saturated rings. The van der Waals surface area contributed by atoms with Gasteiger partial charge in [-0.15, -0.1) is 0 Å². The molecule has 1 aromatic rings. The standard InChI is InChI=1S/C13H13NO3/c14-13(17-10-6-2-1-3-7-10)9-5-4-8-11(13)12(15)16/h1-9,11H,14H2,(H,15,16). The van der Waals surface area contributed by atoms with Gasteiger partial charge in [0, 0.05) is 0 Å². The van der Waals surface area contributed by atoms with Crippen LogP contribution < -0.4 is 10.5 Å². The van der Waals surface area contributed by atoms with E-state index in [1.807, 2.05) is 6.07 Å². The molecular weight excluding hydrogens is 218 g/mol. The third kappa shape index (κ3) is 2.37. The minimum atomic E-state index is -1.35. The minimum Gasteiger partial charge on any atom is -0.481 e. The molecule has 2 rings (SSSR count). The molecule has 1 aromatic carbocycles. The molecule has 0 amide bonds. The molecule has 0 aliphatic heterocycles. The van der Waals surface area contributed by atoms with Crippen LogP contribution in [0.15, 0.2) is 54.6 Å². The van der Waals surface area contributed by atoms with Gasteiger partial charge in [-0.1, -0.05) is 36.4 Å². The first-order chi connectivity index (χ1) is 8.12.